The predicted octanol–water partition coefficient (Wildman–Crippen LogP) is 3.13. The van der Waals surface area contributed by atoms with Crippen molar-refractivity contribution >= 4 is 23.3 Å². The van der Waals surface area contributed by atoms with Crippen molar-refractivity contribution in [2.45, 2.75) is 27.2 Å². The second-order valence-corrected chi connectivity index (χ2v) is 8.68. The van der Waals surface area contributed by atoms with Gasteiger partial charge in [0.05, 0.1) is 12.2 Å². The van der Waals surface area contributed by atoms with E-state index in [-0.39, 0.29) is 36.3 Å². The number of benzene rings is 1. The Balaban J connectivity index is 1.43. The Morgan fingerprint density at radius 3 is 2.66 bits per heavy atom. The largest absolute Gasteiger partial charge is 0.463 e. The summed E-state index contributed by atoms with van der Waals surface area (Å²) in [5.41, 5.74) is 3.61. The maximum absolute atomic E-state index is 13.2. The van der Waals surface area contributed by atoms with Gasteiger partial charge in [0, 0.05) is 36.5 Å². The molecule has 1 aliphatic heterocycles. The molecule has 2 amide bonds. The number of H-pyrrole nitrogens is 1. The fourth-order valence-electron chi connectivity index (χ4n) is 4.09. The quantitative estimate of drug-likeness (QED) is 0.460. The Labute approximate surface area is 200 Å². The summed E-state index contributed by atoms with van der Waals surface area (Å²) in [5.74, 6) is -0.0421. The van der Waals surface area contributed by atoms with Gasteiger partial charge in [-0.1, -0.05) is 6.07 Å². The number of hydrogen-bond acceptors (Lipinski definition) is 6. The van der Waals surface area contributed by atoms with Crippen LogP contribution in [-0.4, -0.2) is 38.1 Å². The molecule has 0 spiro atoms. The number of aryl methyl sites for hydroxylation is 3. The molecule has 1 aromatic carbocycles. The van der Waals surface area contributed by atoms with E-state index < -0.39 is 5.92 Å². The molecule has 1 atom stereocenters. The molecule has 1 saturated heterocycles. The molecule has 35 heavy (non-hydrogen) atoms. The van der Waals surface area contributed by atoms with E-state index in [2.05, 4.69) is 20.4 Å². The molecule has 4 heterocycles. The number of carbonyl (C=O) groups excluding carboxylic acids is 2. The molecule has 0 aliphatic carbocycles. The van der Waals surface area contributed by atoms with Gasteiger partial charge in [-0.15, -0.1) is 0 Å². The SMILES string of the molecule is Cc1cc(=O)[nH]c(-n2nc(-c3ccco3)cc2NC(=O)C2CC(=O)N(c3ccc(C)c(C)c3)C2)n1. The maximum atomic E-state index is 13.2. The van der Waals surface area contributed by atoms with Gasteiger partial charge in [-0.2, -0.15) is 9.78 Å². The molecule has 3 aromatic heterocycles. The van der Waals surface area contributed by atoms with E-state index in [1.807, 2.05) is 32.0 Å². The van der Waals surface area contributed by atoms with Gasteiger partial charge < -0.3 is 14.6 Å². The van der Waals surface area contributed by atoms with Crippen LogP contribution in [-0.2, 0) is 9.59 Å². The van der Waals surface area contributed by atoms with Crippen molar-refractivity contribution in [3.63, 3.8) is 0 Å². The number of furan rings is 1. The standard InChI is InChI=1S/C25H24N6O4/c1-14-6-7-18(9-15(14)2)30-13-17(11-23(30)33)24(34)27-21-12-19(20-5-4-8-35-20)29-31(21)25-26-16(3)10-22(32)28-25/h4-10,12,17H,11,13H2,1-3H3,(H,27,34)(H,26,28,32). The summed E-state index contributed by atoms with van der Waals surface area (Å²) in [6.07, 6.45) is 1.61. The van der Waals surface area contributed by atoms with Crippen LogP contribution in [0.3, 0.4) is 0 Å². The second kappa shape index (κ2) is 8.71. The number of anilines is 2. The molecule has 1 aliphatic rings. The molecular formula is C25H24N6O4. The van der Waals surface area contributed by atoms with Crippen LogP contribution in [0.2, 0.25) is 0 Å². The Morgan fingerprint density at radius 1 is 1.11 bits per heavy atom. The first-order chi connectivity index (χ1) is 16.8. The maximum Gasteiger partial charge on any atom is 0.252 e. The van der Waals surface area contributed by atoms with Gasteiger partial charge >= 0.3 is 0 Å². The molecular weight excluding hydrogens is 448 g/mol. The van der Waals surface area contributed by atoms with Gasteiger partial charge in [-0.3, -0.25) is 19.4 Å². The lowest BCUT2D eigenvalue weighted by Crippen LogP contribution is -2.29. The van der Waals surface area contributed by atoms with Gasteiger partial charge in [0.2, 0.25) is 17.8 Å². The zero-order valence-corrected chi connectivity index (χ0v) is 19.5. The zero-order valence-electron chi connectivity index (χ0n) is 19.5. The summed E-state index contributed by atoms with van der Waals surface area (Å²) in [5, 5.41) is 7.34. The number of nitrogens with one attached hydrogen (secondary N) is 2. The first-order valence-corrected chi connectivity index (χ1v) is 11.2. The number of hydrogen-bond donors (Lipinski definition) is 2. The van der Waals surface area contributed by atoms with Crippen molar-refractivity contribution in [2.75, 3.05) is 16.8 Å². The number of carbonyl (C=O) groups is 2. The third-order valence-electron chi connectivity index (χ3n) is 6.09. The molecule has 1 unspecified atom stereocenters. The number of aromatic amines is 1. The number of amides is 2. The van der Waals surface area contributed by atoms with Crippen LogP contribution in [0, 0.1) is 26.7 Å². The molecule has 0 saturated carbocycles. The Kier molecular flexibility index (Phi) is 5.56. The average Bonchev–Trinajstić information content (AvgIpc) is 3.55. The monoisotopic (exact) mass is 472 g/mol. The lowest BCUT2D eigenvalue weighted by Gasteiger charge is -2.18. The topological polar surface area (TPSA) is 126 Å². The second-order valence-electron chi connectivity index (χ2n) is 8.68. The molecule has 178 valence electrons. The number of aromatic nitrogens is 4. The average molecular weight is 473 g/mol. The van der Waals surface area contributed by atoms with Gasteiger partial charge in [-0.25, -0.2) is 4.98 Å². The van der Waals surface area contributed by atoms with E-state index in [1.54, 1.807) is 30.0 Å². The van der Waals surface area contributed by atoms with Crippen LogP contribution >= 0.6 is 0 Å². The summed E-state index contributed by atoms with van der Waals surface area (Å²) >= 11 is 0. The third-order valence-corrected chi connectivity index (χ3v) is 6.09. The molecule has 1 fully saturated rings. The summed E-state index contributed by atoms with van der Waals surface area (Å²) in [7, 11) is 0. The Hall–Kier alpha value is -4.47. The zero-order chi connectivity index (χ0) is 24.7. The van der Waals surface area contributed by atoms with E-state index in [9.17, 15) is 14.4 Å². The van der Waals surface area contributed by atoms with E-state index >= 15 is 0 Å². The fourth-order valence-corrected chi connectivity index (χ4v) is 4.09. The highest BCUT2D eigenvalue weighted by Gasteiger charge is 2.36. The van der Waals surface area contributed by atoms with E-state index in [1.165, 1.54) is 17.0 Å². The van der Waals surface area contributed by atoms with Gasteiger partial charge in [-0.05, 0) is 56.2 Å². The minimum Gasteiger partial charge on any atom is -0.463 e. The summed E-state index contributed by atoms with van der Waals surface area (Å²) in [6.45, 7) is 5.97. The van der Waals surface area contributed by atoms with Gasteiger partial charge in [0.25, 0.3) is 5.56 Å². The minimum atomic E-state index is -0.552. The lowest BCUT2D eigenvalue weighted by molar-refractivity contribution is -0.122. The predicted molar refractivity (Wildman–Crippen MR) is 129 cm³/mol. The third kappa shape index (κ3) is 4.37. The van der Waals surface area contributed by atoms with Gasteiger partial charge in [0.1, 0.15) is 11.5 Å². The normalized spacial score (nSPS) is 15.6. The van der Waals surface area contributed by atoms with Crippen LogP contribution in [0.1, 0.15) is 23.2 Å². The lowest BCUT2D eigenvalue weighted by atomic mass is 10.1. The van der Waals surface area contributed by atoms with Crippen molar-refractivity contribution in [3.8, 4) is 17.4 Å². The highest BCUT2D eigenvalue weighted by atomic mass is 16.3. The fraction of sp³-hybridized carbons (Fsp3) is 0.240. The van der Waals surface area contributed by atoms with Crippen LogP contribution in [0.4, 0.5) is 11.5 Å². The first kappa shape index (κ1) is 22.3. The summed E-state index contributed by atoms with van der Waals surface area (Å²) < 4.78 is 6.79. The van der Waals surface area contributed by atoms with Crippen LogP contribution in [0.15, 0.2) is 57.9 Å². The minimum absolute atomic E-state index is 0.0947. The van der Waals surface area contributed by atoms with Crippen molar-refractivity contribution in [2.24, 2.45) is 5.92 Å². The number of rotatable bonds is 5. The van der Waals surface area contributed by atoms with Crippen molar-refractivity contribution in [1.82, 2.24) is 19.7 Å². The molecule has 5 rings (SSSR count). The van der Waals surface area contributed by atoms with Crippen molar-refractivity contribution in [3.05, 3.63) is 75.9 Å². The Morgan fingerprint density at radius 2 is 1.94 bits per heavy atom. The van der Waals surface area contributed by atoms with Crippen molar-refractivity contribution < 1.29 is 14.0 Å². The Bertz CT molecular complexity index is 1480. The highest BCUT2D eigenvalue weighted by Crippen LogP contribution is 2.29. The number of nitrogens with zero attached hydrogens (tertiary/aromatic N) is 4. The molecule has 4 aromatic rings. The van der Waals surface area contributed by atoms with Crippen LogP contribution in [0.5, 0.6) is 0 Å². The summed E-state index contributed by atoms with van der Waals surface area (Å²) in [4.78, 5) is 46.6. The van der Waals surface area contributed by atoms with Crippen molar-refractivity contribution in [1.29, 1.82) is 0 Å². The summed E-state index contributed by atoms with van der Waals surface area (Å²) in [6, 6.07) is 12.3. The highest BCUT2D eigenvalue weighted by molar-refractivity contribution is 6.03. The van der Waals surface area contributed by atoms with E-state index in [4.69, 9.17) is 4.42 Å². The molecule has 0 radical (unpaired) electrons. The molecule has 2 N–H and O–H groups in total. The molecule has 10 heteroatoms. The molecule has 0 bridgehead atoms. The van der Waals surface area contributed by atoms with Crippen LogP contribution in [0.25, 0.3) is 17.4 Å². The van der Waals surface area contributed by atoms with Gasteiger partial charge in [0.15, 0.2) is 5.76 Å². The smallest absolute Gasteiger partial charge is 0.252 e. The van der Waals surface area contributed by atoms with Crippen LogP contribution < -0.4 is 15.8 Å². The first-order valence-electron chi connectivity index (χ1n) is 11.2. The van der Waals surface area contributed by atoms with E-state index in [0.717, 1.165) is 16.8 Å². The molecule has 10 nitrogen and oxygen atoms in total. The van der Waals surface area contributed by atoms with E-state index in [0.29, 0.717) is 23.0 Å².